The number of nitrogens with one attached hydrogen (secondary N) is 1. The topological polar surface area (TPSA) is 47.6 Å². The van der Waals surface area contributed by atoms with E-state index in [0.717, 1.165) is 11.3 Å². The second-order valence-corrected chi connectivity index (χ2v) is 6.73. The minimum atomic E-state index is -0.273. The Morgan fingerprint density at radius 2 is 2.10 bits per heavy atom. The Labute approximate surface area is 135 Å². The summed E-state index contributed by atoms with van der Waals surface area (Å²) in [6.07, 6.45) is -0.239. The highest BCUT2D eigenvalue weighted by atomic mass is 35.5. The standard InChI is InChI=1S/C14H11Cl2NO3S/c15-12-5-9(13(16)21-12)14(18)17-6-8-7-19-10-3-1-2-4-11(10)20-8/h1-5,8H,6-7H2,(H,17,18). The van der Waals surface area contributed by atoms with E-state index in [9.17, 15) is 4.79 Å². The van der Waals surface area contributed by atoms with Crippen molar-refractivity contribution < 1.29 is 14.3 Å². The number of fused-ring (bicyclic) bond motifs is 1. The summed E-state index contributed by atoms with van der Waals surface area (Å²) >= 11 is 12.9. The summed E-state index contributed by atoms with van der Waals surface area (Å²) in [5.41, 5.74) is 0.379. The van der Waals surface area contributed by atoms with Gasteiger partial charge < -0.3 is 14.8 Å². The molecule has 1 unspecified atom stereocenters. The van der Waals surface area contributed by atoms with Crippen LogP contribution in [-0.4, -0.2) is 25.2 Å². The lowest BCUT2D eigenvalue weighted by molar-refractivity contribution is 0.0789. The molecule has 2 heterocycles. The Bertz CT molecular complexity index is 674. The fraction of sp³-hybridized carbons (Fsp3) is 0.214. The first-order valence-electron chi connectivity index (χ1n) is 6.25. The molecule has 0 spiro atoms. The molecule has 3 rings (SSSR count). The van der Waals surface area contributed by atoms with E-state index in [1.165, 1.54) is 0 Å². The van der Waals surface area contributed by atoms with Crippen molar-refractivity contribution in [3.05, 3.63) is 44.6 Å². The van der Waals surface area contributed by atoms with Gasteiger partial charge in [0.25, 0.3) is 5.91 Å². The molecule has 1 amide bonds. The molecule has 1 aromatic carbocycles. The van der Waals surface area contributed by atoms with Crippen molar-refractivity contribution in [3.63, 3.8) is 0 Å². The first-order chi connectivity index (χ1) is 10.1. The fourth-order valence-corrected chi connectivity index (χ4v) is 3.42. The molecule has 1 N–H and O–H groups in total. The normalized spacial score (nSPS) is 16.6. The van der Waals surface area contributed by atoms with Crippen molar-refractivity contribution in [1.82, 2.24) is 5.32 Å². The summed E-state index contributed by atoms with van der Waals surface area (Å²) in [4.78, 5) is 12.0. The summed E-state index contributed by atoms with van der Waals surface area (Å²) in [5.74, 6) is 1.12. The molecule has 110 valence electrons. The fourth-order valence-electron chi connectivity index (χ4n) is 1.96. The Kier molecular flexibility index (Phi) is 4.24. The Morgan fingerprint density at radius 3 is 2.81 bits per heavy atom. The van der Waals surface area contributed by atoms with Crippen molar-refractivity contribution in [2.75, 3.05) is 13.2 Å². The third-order valence-electron chi connectivity index (χ3n) is 2.96. The van der Waals surface area contributed by atoms with Crippen LogP contribution in [0.1, 0.15) is 10.4 Å². The van der Waals surface area contributed by atoms with Crippen LogP contribution >= 0.6 is 34.5 Å². The molecule has 1 atom stereocenters. The van der Waals surface area contributed by atoms with E-state index in [1.54, 1.807) is 6.07 Å². The first kappa shape index (κ1) is 14.5. The molecule has 1 aliphatic rings. The van der Waals surface area contributed by atoms with Crippen LogP contribution in [0, 0.1) is 0 Å². The molecule has 0 saturated heterocycles. The summed E-state index contributed by atoms with van der Waals surface area (Å²) in [7, 11) is 0. The lowest BCUT2D eigenvalue weighted by atomic mass is 10.2. The molecule has 2 aromatic rings. The molecule has 0 saturated carbocycles. The van der Waals surface area contributed by atoms with Crippen molar-refractivity contribution >= 4 is 40.4 Å². The van der Waals surface area contributed by atoms with E-state index in [2.05, 4.69) is 5.32 Å². The van der Waals surface area contributed by atoms with Crippen LogP contribution in [0.15, 0.2) is 30.3 Å². The Hall–Kier alpha value is -1.43. The molecular formula is C14H11Cl2NO3S. The SMILES string of the molecule is O=C(NCC1COc2ccccc2O1)c1cc(Cl)sc1Cl. The Morgan fingerprint density at radius 1 is 1.33 bits per heavy atom. The van der Waals surface area contributed by atoms with Crippen molar-refractivity contribution in [2.45, 2.75) is 6.10 Å². The van der Waals surface area contributed by atoms with Gasteiger partial charge in [-0.3, -0.25) is 4.79 Å². The predicted octanol–water partition coefficient (Wildman–Crippen LogP) is 3.62. The van der Waals surface area contributed by atoms with Gasteiger partial charge in [0, 0.05) is 0 Å². The van der Waals surface area contributed by atoms with Gasteiger partial charge in [0.2, 0.25) is 0 Å². The summed E-state index contributed by atoms with van der Waals surface area (Å²) in [6.45, 7) is 0.715. The highest BCUT2D eigenvalue weighted by molar-refractivity contribution is 7.20. The molecule has 1 aliphatic heterocycles. The van der Waals surface area contributed by atoms with Crippen LogP contribution < -0.4 is 14.8 Å². The zero-order valence-corrected chi connectivity index (χ0v) is 13.1. The van der Waals surface area contributed by atoms with Crippen LogP contribution in [-0.2, 0) is 0 Å². The molecule has 0 fully saturated rings. The predicted molar refractivity (Wildman–Crippen MR) is 83.0 cm³/mol. The van der Waals surface area contributed by atoms with Gasteiger partial charge in [-0.25, -0.2) is 0 Å². The third kappa shape index (κ3) is 3.26. The molecule has 21 heavy (non-hydrogen) atoms. The number of hydrogen-bond acceptors (Lipinski definition) is 4. The average Bonchev–Trinajstić information content (AvgIpc) is 2.83. The largest absolute Gasteiger partial charge is 0.486 e. The Balaban J connectivity index is 1.59. The number of thiophene rings is 1. The number of rotatable bonds is 3. The number of amides is 1. The maximum absolute atomic E-state index is 12.0. The summed E-state index contributed by atoms with van der Waals surface area (Å²) in [5, 5.41) is 2.77. The number of halogens is 2. The van der Waals surface area contributed by atoms with Crippen molar-refractivity contribution in [2.24, 2.45) is 0 Å². The van der Waals surface area contributed by atoms with Crippen LogP contribution in [0.2, 0.25) is 8.67 Å². The third-order valence-corrected chi connectivity index (χ3v) is 4.45. The van der Waals surface area contributed by atoms with Gasteiger partial charge in [-0.15, -0.1) is 11.3 Å². The second-order valence-electron chi connectivity index (χ2n) is 4.45. The first-order valence-corrected chi connectivity index (χ1v) is 7.82. The van der Waals surface area contributed by atoms with Gasteiger partial charge in [0.1, 0.15) is 17.0 Å². The molecule has 0 aliphatic carbocycles. The van der Waals surface area contributed by atoms with Gasteiger partial charge in [-0.2, -0.15) is 0 Å². The van der Waals surface area contributed by atoms with Crippen LogP contribution in [0.3, 0.4) is 0 Å². The minimum Gasteiger partial charge on any atom is -0.486 e. The van der Waals surface area contributed by atoms with E-state index in [4.69, 9.17) is 32.7 Å². The minimum absolute atomic E-state index is 0.239. The zero-order valence-electron chi connectivity index (χ0n) is 10.8. The highest BCUT2D eigenvalue weighted by Gasteiger charge is 2.22. The lowest BCUT2D eigenvalue weighted by Gasteiger charge is -2.26. The molecular weight excluding hydrogens is 333 g/mol. The quantitative estimate of drug-likeness (QED) is 0.925. The van der Waals surface area contributed by atoms with Crippen molar-refractivity contribution in [3.8, 4) is 11.5 Å². The van der Waals surface area contributed by atoms with Crippen molar-refractivity contribution in [1.29, 1.82) is 0 Å². The number of hydrogen-bond donors (Lipinski definition) is 1. The molecule has 1 aromatic heterocycles. The average molecular weight is 344 g/mol. The van der Waals surface area contributed by atoms with E-state index in [1.807, 2.05) is 24.3 Å². The molecule has 4 nitrogen and oxygen atoms in total. The van der Waals surface area contributed by atoms with Crippen LogP contribution in [0.25, 0.3) is 0 Å². The van der Waals surface area contributed by atoms with Gasteiger partial charge in [0.15, 0.2) is 11.5 Å². The summed E-state index contributed by atoms with van der Waals surface area (Å²) in [6, 6.07) is 8.98. The van der Waals surface area contributed by atoms with Gasteiger partial charge in [-0.05, 0) is 18.2 Å². The van der Waals surface area contributed by atoms with Crippen LogP contribution in [0.5, 0.6) is 11.5 Å². The zero-order chi connectivity index (χ0) is 14.8. The second kappa shape index (κ2) is 6.13. The maximum Gasteiger partial charge on any atom is 0.253 e. The molecule has 0 radical (unpaired) electrons. The lowest BCUT2D eigenvalue weighted by Crippen LogP contribution is -2.40. The smallest absolute Gasteiger partial charge is 0.253 e. The molecule has 0 bridgehead atoms. The number of carbonyl (C=O) groups excluding carboxylic acids is 1. The maximum atomic E-state index is 12.0. The van der Waals surface area contributed by atoms with Gasteiger partial charge in [0.05, 0.1) is 16.4 Å². The van der Waals surface area contributed by atoms with E-state index < -0.39 is 0 Å². The number of benzene rings is 1. The number of carbonyl (C=O) groups is 1. The van der Waals surface area contributed by atoms with Gasteiger partial charge in [-0.1, -0.05) is 35.3 Å². The number of para-hydroxylation sites is 2. The van der Waals surface area contributed by atoms with E-state index >= 15 is 0 Å². The number of ether oxygens (including phenoxy) is 2. The summed E-state index contributed by atoms with van der Waals surface area (Å²) < 4.78 is 12.2. The van der Waals surface area contributed by atoms with E-state index in [-0.39, 0.29) is 12.0 Å². The monoisotopic (exact) mass is 343 g/mol. The van der Waals surface area contributed by atoms with Gasteiger partial charge >= 0.3 is 0 Å². The highest BCUT2D eigenvalue weighted by Crippen LogP contribution is 2.32. The molecule has 7 heteroatoms. The van der Waals surface area contributed by atoms with E-state index in [0.29, 0.717) is 38.9 Å². The van der Waals surface area contributed by atoms with Crippen LogP contribution in [0.4, 0.5) is 0 Å².